The van der Waals surface area contributed by atoms with Crippen LogP contribution in [0, 0.1) is 11.8 Å². The fourth-order valence-electron chi connectivity index (χ4n) is 4.99. The molecule has 1 aromatic rings. The highest BCUT2D eigenvalue weighted by Gasteiger charge is 2.38. The molecule has 3 fully saturated rings. The van der Waals surface area contributed by atoms with Crippen LogP contribution in [-0.4, -0.2) is 58.2 Å². The standard InChI is InChI=1S/C23H32N4O3/c28-21-13-18(15-27(21)16-20-10-4-5-11-24-20)23(30)26-12-6-7-17(14-26)22(29)25-19-8-2-1-3-9-19/h4-5,10-11,17-19H,1-3,6-9,12-16H2,(H,25,29). The van der Waals surface area contributed by atoms with E-state index in [9.17, 15) is 14.4 Å². The number of pyridine rings is 1. The van der Waals surface area contributed by atoms with E-state index in [0.717, 1.165) is 31.4 Å². The van der Waals surface area contributed by atoms with E-state index < -0.39 is 0 Å². The fraction of sp³-hybridized carbons (Fsp3) is 0.652. The van der Waals surface area contributed by atoms with Gasteiger partial charge in [0.1, 0.15) is 0 Å². The monoisotopic (exact) mass is 412 g/mol. The molecule has 162 valence electrons. The third-order valence-corrected chi connectivity index (χ3v) is 6.70. The zero-order valence-electron chi connectivity index (χ0n) is 17.6. The van der Waals surface area contributed by atoms with E-state index in [-0.39, 0.29) is 36.0 Å². The van der Waals surface area contributed by atoms with Crippen LogP contribution in [0.15, 0.2) is 24.4 Å². The number of nitrogens with one attached hydrogen (secondary N) is 1. The summed E-state index contributed by atoms with van der Waals surface area (Å²) in [6, 6.07) is 5.93. The number of amides is 3. The molecule has 3 aliphatic rings. The van der Waals surface area contributed by atoms with Crippen LogP contribution in [0.1, 0.15) is 57.1 Å². The average molecular weight is 413 g/mol. The second-order valence-corrected chi connectivity index (χ2v) is 8.96. The lowest BCUT2D eigenvalue weighted by molar-refractivity contribution is -0.139. The minimum Gasteiger partial charge on any atom is -0.353 e. The van der Waals surface area contributed by atoms with Gasteiger partial charge in [-0.05, 0) is 37.8 Å². The minimum atomic E-state index is -0.318. The Morgan fingerprint density at radius 1 is 1.03 bits per heavy atom. The summed E-state index contributed by atoms with van der Waals surface area (Å²) >= 11 is 0. The van der Waals surface area contributed by atoms with Crippen LogP contribution in [-0.2, 0) is 20.9 Å². The van der Waals surface area contributed by atoms with E-state index in [0.29, 0.717) is 32.2 Å². The van der Waals surface area contributed by atoms with Crippen LogP contribution >= 0.6 is 0 Å². The molecule has 0 spiro atoms. The van der Waals surface area contributed by atoms with Crippen LogP contribution in [0.2, 0.25) is 0 Å². The third-order valence-electron chi connectivity index (χ3n) is 6.70. The summed E-state index contributed by atoms with van der Waals surface area (Å²) in [5.74, 6) is -0.337. The van der Waals surface area contributed by atoms with E-state index in [2.05, 4.69) is 10.3 Å². The number of piperidine rings is 1. The van der Waals surface area contributed by atoms with Gasteiger partial charge in [0.2, 0.25) is 17.7 Å². The van der Waals surface area contributed by atoms with Gasteiger partial charge < -0.3 is 15.1 Å². The molecule has 30 heavy (non-hydrogen) atoms. The van der Waals surface area contributed by atoms with Gasteiger partial charge in [0.15, 0.2) is 0 Å². The van der Waals surface area contributed by atoms with Crippen LogP contribution in [0.25, 0.3) is 0 Å². The second kappa shape index (κ2) is 9.58. The molecule has 1 aromatic heterocycles. The molecule has 2 saturated heterocycles. The second-order valence-electron chi connectivity index (χ2n) is 8.96. The van der Waals surface area contributed by atoms with Crippen molar-refractivity contribution >= 4 is 17.7 Å². The van der Waals surface area contributed by atoms with Crippen LogP contribution < -0.4 is 5.32 Å². The molecule has 2 aliphatic heterocycles. The normalized spacial score (nSPS) is 25.4. The summed E-state index contributed by atoms with van der Waals surface area (Å²) in [5, 5.41) is 3.21. The first-order valence-corrected chi connectivity index (χ1v) is 11.4. The predicted molar refractivity (Wildman–Crippen MR) is 112 cm³/mol. The zero-order chi connectivity index (χ0) is 20.9. The van der Waals surface area contributed by atoms with Crippen molar-refractivity contribution < 1.29 is 14.4 Å². The molecule has 1 aliphatic carbocycles. The molecule has 0 bridgehead atoms. The van der Waals surface area contributed by atoms with Crippen molar-refractivity contribution in [2.75, 3.05) is 19.6 Å². The maximum atomic E-state index is 13.1. The molecule has 2 atom stereocenters. The maximum absolute atomic E-state index is 13.1. The summed E-state index contributed by atoms with van der Waals surface area (Å²) in [6.07, 6.45) is 9.40. The molecule has 3 heterocycles. The van der Waals surface area contributed by atoms with E-state index in [1.165, 1.54) is 19.3 Å². The van der Waals surface area contributed by atoms with Crippen molar-refractivity contribution in [1.29, 1.82) is 0 Å². The van der Waals surface area contributed by atoms with Crippen molar-refractivity contribution in [3.05, 3.63) is 30.1 Å². The van der Waals surface area contributed by atoms with Crippen LogP contribution in [0.4, 0.5) is 0 Å². The lowest BCUT2D eigenvalue weighted by Gasteiger charge is -2.34. The number of rotatable bonds is 5. The molecular formula is C23H32N4O3. The SMILES string of the molecule is O=C(NC1CCCCC1)C1CCCN(C(=O)C2CC(=O)N(Cc3ccccn3)C2)C1. The number of carbonyl (C=O) groups excluding carboxylic acids is 3. The Bertz CT molecular complexity index is 763. The number of nitrogens with zero attached hydrogens (tertiary/aromatic N) is 3. The van der Waals surface area contributed by atoms with Gasteiger partial charge in [0.05, 0.1) is 24.1 Å². The van der Waals surface area contributed by atoms with E-state index in [4.69, 9.17) is 0 Å². The smallest absolute Gasteiger partial charge is 0.228 e. The van der Waals surface area contributed by atoms with Crippen molar-refractivity contribution in [3.8, 4) is 0 Å². The predicted octanol–water partition coefficient (Wildman–Crippen LogP) is 2.12. The van der Waals surface area contributed by atoms with Crippen molar-refractivity contribution in [3.63, 3.8) is 0 Å². The van der Waals surface area contributed by atoms with Crippen molar-refractivity contribution in [2.24, 2.45) is 11.8 Å². The summed E-state index contributed by atoms with van der Waals surface area (Å²) in [6.45, 7) is 2.03. The summed E-state index contributed by atoms with van der Waals surface area (Å²) in [7, 11) is 0. The van der Waals surface area contributed by atoms with Crippen LogP contribution in [0.5, 0.6) is 0 Å². The molecule has 4 rings (SSSR count). The Balaban J connectivity index is 1.30. The lowest BCUT2D eigenvalue weighted by Crippen LogP contribution is -2.49. The number of carbonyl (C=O) groups is 3. The quantitative estimate of drug-likeness (QED) is 0.803. The average Bonchev–Trinajstić information content (AvgIpc) is 3.15. The summed E-state index contributed by atoms with van der Waals surface area (Å²) < 4.78 is 0. The fourth-order valence-corrected chi connectivity index (χ4v) is 4.99. The van der Waals surface area contributed by atoms with Gasteiger partial charge in [-0.25, -0.2) is 0 Å². The van der Waals surface area contributed by atoms with Gasteiger partial charge in [-0.15, -0.1) is 0 Å². The number of hydrogen-bond acceptors (Lipinski definition) is 4. The first kappa shape index (κ1) is 20.8. The van der Waals surface area contributed by atoms with Gasteiger partial charge in [-0.1, -0.05) is 25.3 Å². The van der Waals surface area contributed by atoms with Crippen molar-refractivity contribution in [1.82, 2.24) is 20.1 Å². The van der Waals surface area contributed by atoms with Crippen molar-refractivity contribution in [2.45, 2.75) is 64.0 Å². The largest absolute Gasteiger partial charge is 0.353 e. The molecule has 0 radical (unpaired) electrons. The Labute approximate surface area is 178 Å². The van der Waals surface area contributed by atoms with Crippen LogP contribution in [0.3, 0.4) is 0 Å². The number of hydrogen-bond donors (Lipinski definition) is 1. The highest BCUT2D eigenvalue weighted by molar-refractivity contribution is 5.89. The third kappa shape index (κ3) is 4.99. The molecule has 3 amide bonds. The highest BCUT2D eigenvalue weighted by Crippen LogP contribution is 2.26. The topological polar surface area (TPSA) is 82.6 Å². The minimum absolute atomic E-state index is 0.00241. The summed E-state index contributed by atoms with van der Waals surface area (Å²) in [5.41, 5.74) is 0.830. The first-order valence-electron chi connectivity index (χ1n) is 11.4. The Kier molecular flexibility index (Phi) is 6.65. The Hall–Kier alpha value is -2.44. The summed E-state index contributed by atoms with van der Waals surface area (Å²) in [4.78, 5) is 46.1. The Morgan fingerprint density at radius 3 is 2.63 bits per heavy atom. The van der Waals surface area contributed by atoms with Gasteiger partial charge >= 0.3 is 0 Å². The molecule has 7 nitrogen and oxygen atoms in total. The number of likely N-dealkylation sites (tertiary alicyclic amines) is 2. The van der Waals surface area contributed by atoms with Gasteiger partial charge in [-0.2, -0.15) is 0 Å². The molecule has 2 unspecified atom stereocenters. The molecule has 0 aromatic carbocycles. The number of aromatic nitrogens is 1. The molecule has 1 saturated carbocycles. The van der Waals surface area contributed by atoms with Gasteiger partial charge in [-0.3, -0.25) is 19.4 Å². The maximum Gasteiger partial charge on any atom is 0.228 e. The zero-order valence-corrected chi connectivity index (χ0v) is 17.6. The van der Waals surface area contributed by atoms with E-state index >= 15 is 0 Å². The highest BCUT2D eigenvalue weighted by atomic mass is 16.2. The molecular weight excluding hydrogens is 380 g/mol. The van der Waals surface area contributed by atoms with Gasteiger partial charge in [0.25, 0.3) is 0 Å². The van der Waals surface area contributed by atoms with E-state index in [1.54, 1.807) is 11.1 Å². The van der Waals surface area contributed by atoms with E-state index in [1.807, 2.05) is 23.1 Å². The lowest BCUT2D eigenvalue weighted by atomic mass is 9.92. The Morgan fingerprint density at radius 2 is 1.87 bits per heavy atom. The first-order chi connectivity index (χ1) is 14.6. The van der Waals surface area contributed by atoms with Gasteiger partial charge in [0, 0.05) is 38.3 Å². The molecule has 1 N–H and O–H groups in total. The molecule has 7 heteroatoms.